The summed E-state index contributed by atoms with van der Waals surface area (Å²) in [4.78, 5) is 23.6. The summed E-state index contributed by atoms with van der Waals surface area (Å²) in [6, 6.07) is 11.7. The zero-order valence-electron chi connectivity index (χ0n) is 10.7. The fraction of sp³-hybridized carbons (Fsp3) is 0.0667. The molecular formula is C15H12FNO3. The van der Waals surface area contributed by atoms with E-state index in [0.717, 1.165) is 0 Å². The van der Waals surface area contributed by atoms with Gasteiger partial charge in [0.25, 0.3) is 11.7 Å². The summed E-state index contributed by atoms with van der Waals surface area (Å²) in [6.07, 6.45) is 0. The number of hydrogen-bond acceptors (Lipinski definition) is 3. The number of carbonyl (C=O) groups is 2. The van der Waals surface area contributed by atoms with Gasteiger partial charge < -0.3 is 10.1 Å². The Hall–Kier alpha value is -2.69. The molecule has 0 saturated heterocycles. The molecule has 2 aromatic carbocycles. The second kappa shape index (κ2) is 5.97. The molecule has 0 heterocycles. The zero-order valence-corrected chi connectivity index (χ0v) is 10.7. The lowest BCUT2D eigenvalue weighted by molar-refractivity contribution is -0.112. The van der Waals surface area contributed by atoms with Crippen LogP contribution in [0.5, 0.6) is 5.75 Å². The first-order valence-corrected chi connectivity index (χ1v) is 5.86. The van der Waals surface area contributed by atoms with Gasteiger partial charge in [-0.2, -0.15) is 0 Å². The normalized spacial score (nSPS) is 9.90. The summed E-state index contributed by atoms with van der Waals surface area (Å²) < 4.78 is 18.3. The third-order valence-electron chi connectivity index (χ3n) is 2.68. The molecule has 1 N–H and O–H groups in total. The summed E-state index contributed by atoms with van der Waals surface area (Å²) in [5, 5.41) is 2.24. The molecule has 4 nitrogen and oxygen atoms in total. The van der Waals surface area contributed by atoms with Gasteiger partial charge in [-0.05, 0) is 36.4 Å². The SMILES string of the molecule is COc1ccc(C(=O)C(=O)Nc2ccccc2F)cc1. The highest BCUT2D eigenvalue weighted by Gasteiger charge is 2.17. The predicted molar refractivity (Wildman–Crippen MR) is 72.4 cm³/mol. The fourth-order valence-corrected chi connectivity index (χ4v) is 1.62. The van der Waals surface area contributed by atoms with Crippen LogP contribution in [0.15, 0.2) is 48.5 Å². The van der Waals surface area contributed by atoms with E-state index in [4.69, 9.17) is 4.74 Å². The van der Waals surface area contributed by atoms with Crippen LogP contribution in [-0.2, 0) is 4.79 Å². The van der Waals surface area contributed by atoms with E-state index in [-0.39, 0.29) is 11.3 Å². The average molecular weight is 273 g/mol. The summed E-state index contributed by atoms with van der Waals surface area (Å²) in [7, 11) is 1.50. The van der Waals surface area contributed by atoms with Gasteiger partial charge >= 0.3 is 0 Å². The summed E-state index contributed by atoms with van der Waals surface area (Å²) in [5.41, 5.74) is 0.180. The molecule has 0 unspecified atom stereocenters. The van der Waals surface area contributed by atoms with Crippen LogP contribution in [-0.4, -0.2) is 18.8 Å². The van der Waals surface area contributed by atoms with Crippen molar-refractivity contribution >= 4 is 17.4 Å². The first kappa shape index (κ1) is 13.7. The van der Waals surface area contributed by atoms with Crippen molar-refractivity contribution in [2.24, 2.45) is 0 Å². The number of methoxy groups -OCH3 is 1. The minimum atomic E-state index is -0.889. The molecule has 0 aliphatic rings. The lowest BCUT2D eigenvalue weighted by atomic mass is 10.1. The van der Waals surface area contributed by atoms with E-state index in [2.05, 4.69) is 5.32 Å². The van der Waals surface area contributed by atoms with Crippen molar-refractivity contribution in [2.45, 2.75) is 0 Å². The molecule has 2 rings (SSSR count). The molecular weight excluding hydrogens is 261 g/mol. The minimum Gasteiger partial charge on any atom is -0.497 e. The molecule has 0 saturated carbocycles. The van der Waals surface area contributed by atoms with Crippen molar-refractivity contribution < 1.29 is 18.7 Å². The van der Waals surface area contributed by atoms with Crippen molar-refractivity contribution in [2.75, 3.05) is 12.4 Å². The predicted octanol–water partition coefficient (Wildman–Crippen LogP) is 2.66. The number of halogens is 1. The van der Waals surface area contributed by atoms with E-state index in [1.165, 1.54) is 37.4 Å². The number of rotatable bonds is 4. The maximum Gasteiger partial charge on any atom is 0.296 e. The number of ketones is 1. The second-order valence-electron chi connectivity index (χ2n) is 3.99. The summed E-state index contributed by atoms with van der Waals surface area (Å²) in [6.45, 7) is 0. The Bertz CT molecular complexity index is 638. The van der Waals surface area contributed by atoms with E-state index in [1.54, 1.807) is 18.2 Å². The Morgan fingerprint density at radius 3 is 2.30 bits per heavy atom. The van der Waals surface area contributed by atoms with Crippen LogP contribution in [0, 0.1) is 5.82 Å². The number of benzene rings is 2. The Morgan fingerprint density at radius 2 is 1.70 bits per heavy atom. The number of para-hydroxylation sites is 1. The van der Waals surface area contributed by atoms with Gasteiger partial charge in [-0.3, -0.25) is 9.59 Å². The quantitative estimate of drug-likeness (QED) is 0.688. The number of Topliss-reactive ketones (excluding diaryl/α,β-unsaturated/α-hetero) is 1. The minimum absolute atomic E-state index is 0.0284. The number of nitrogens with one attached hydrogen (secondary N) is 1. The highest BCUT2D eigenvalue weighted by Crippen LogP contribution is 2.15. The Balaban J connectivity index is 2.12. The highest BCUT2D eigenvalue weighted by atomic mass is 19.1. The maximum atomic E-state index is 13.4. The maximum absolute atomic E-state index is 13.4. The van der Waals surface area contributed by atoms with Crippen molar-refractivity contribution in [3.05, 3.63) is 59.9 Å². The molecule has 0 atom stereocenters. The van der Waals surface area contributed by atoms with E-state index in [0.29, 0.717) is 5.75 Å². The molecule has 0 aliphatic heterocycles. The van der Waals surface area contributed by atoms with Crippen LogP contribution in [0.2, 0.25) is 0 Å². The van der Waals surface area contributed by atoms with Gasteiger partial charge in [-0.15, -0.1) is 0 Å². The van der Waals surface area contributed by atoms with E-state index in [9.17, 15) is 14.0 Å². The molecule has 0 fully saturated rings. The number of ether oxygens (including phenoxy) is 1. The molecule has 0 spiro atoms. The van der Waals surface area contributed by atoms with Crippen molar-refractivity contribution in [1.82, 2.24) is 0 Å². The molecule has 0 aromatic heterocycles. The Morgan fingerprint density at radius 1 is 1.05 bits per heavy atom. The molecule has 0 bridgehead atoms. The van der Waals surface area contributed by atoms with Gasteiger partial charge in [0.2, 0.25) is 0 Å². The molecule has 1 amide bonds. The molecule has 102 valence electrons. The molecule has 2 aromatic rings. The van der Waals surface area contributed by atoms with Crippen LogP contribution < -0.4 is 10.1 Å². The smallest absolute Gasteiger partial charge is 0.296 e. The van der Waals surface area contributed by atoms with Crippen molar-refractivity contribution in [3.8, 4) is 5.75 Å². The van der Waals surface area contributed by atoms with E-state index >= 15 is 0 Å². The third-order valence-corrected chi connectivity index (χ3v) is 2.68. The van der Waals surface area contributed by atoms with Crippen LogP contribution in [0.3, 0.4) is 0 Å². The van der Waals surface area contributed by atoms with E-state index in [1.807, 2.05) is 0 Å². The molecule has 0 aliphatic carbocycles. The number of hydrogen-bond donors (Lipinski definition) is 1. The lowest BCUT2D eigenvalue weighted by Gasteiger charge is -2.06. The van der Waals surface area contributed by atoms with Gasteiger partial charge in [0, 0.05) is 5.56 Å². The van der Waals surface area contributed by atoms with Crippen LogP contribution in [0.1, 0.15) is 10.4 Å². The summed E-state index contributed by atoms with van der Waals surface area (Å²) in [5.74, 6) is -1.64. The zero-order chi connectivity index (χ0) is 14.5. The fourth-order valence-electron chi connectivity index (χ4n) is 1.62. The Kier molecular flexibility index (Phi) is 4.10. The van der Waals surface area contributed by atoms with Gasteiger partial charge in [0.05, 0.1) is 12.8 Å². The second-order valence-corrected chi connectivity index (χ2v) is 3.99. The van der Waals surface area contributed by atoms with Crippen LogP contribution in [0.25, 0.3) is 0 Å². The molecule has 20 heavy (non-hydrogen) atoms. The largest absolute Gasteiger partial charge is 0.497 e. The number of anilines is 1. The van der Waals surface area contributed by atoms with Gasteiger partial charge in [0.15, 0.2) is 0 Å². The monoisotopic (exact) mass is 273 g/mol. The topological polar surface area (TPSA) is 55.4 Å². The van der Waals surface area contributed by atoms with Crippen LogP contribution in [0.4, 0.5) is 10.1 Å². The first-order valence-electron chi connectivity index (χ1n) is 5.86. The highest BCUT2D eigenvalue weighted by molar-refractivity contribution is 6.46. The summed E-state index contributed by atoms with van der Waals surface area (Å²) >= 11 is 0. The lowest BCUT2D eigenvalue weighted by Crippen LogP contribution is -2.23. The third kappa shape index (κ3) is 3.00. The Labute approximate surface area is 115 Å². The molecule has 0 radical (unpaired) electrons. The number of amides is 1. The van der Waals surface area contributed by atoms with Gasteiger partial charge in [-0.25, -0.2) is 4.39 Å². The van der Waals surface area contributed by atoms with E-state index < -0.39 is 17.5 Å². The van der Waals surface area contributed by atoms with Crippen LogP contribution >= 0.6 is 0 Å². The number of carbonyl (C=O) groups excluding carboxylic acids is 2. The van der Waals surface area contributed by atoms with Gasteiger partial charge in [-0.1, -0.05) is 12.1 Å². The van der Waals surface area contributed by atoms with Gasteiger partial charge in [0.1, 0.15) is 11.6 Å². The van der Waals surface area contributed by atoms with Crippen molar-refractivity contribution in [1.29, 1.82) is 0 Å². The first-order chi connectivity index (χ1) is 9.61. The molecule has 5 heteroatoms. The standard InChI is InChI=1S/C15H12FNO3/c1-20-11-8-6-10(7-9-11)14(18)15(19)17-13-5-3-2-4-12(13)16/h2-9H,1H3,(H,17,19). The van der Waals surface area contributed by atoms with Crippen molar-refractivity contribution in [3.63, 3.8) is 0 Å². The average Bonchev–Trinajstić information content (AvgIpc) is 2.49.